The van der Waals surface area contributed by atoms with Gasteiger partial charge in [-0.05, 0) is 42.8 Å². The summed E-state index contributed by atoms with van der Waals surface area (Å²) in [5.74, 6) is 3.64. The molecule has 7 heteroatoms. The van der Waals surface area contributed by atoms with Gasteiger partial charge in [-0.1, -0.05) is 12.1 Å². The Kier molecular flexibility index (Phi) is 4.78. The minimum Gasteiger partial charge on any atom is -0.496 e. The second-order valence-electron chi connectivity index (χ2n) is 7.21. The lowest BCUT2D eigenvalue weighted by Gasteiger charge is -2.19. The molecule has 0 amide bonds. The first-order valence-electron chi connectivity index (χ1n) is 10.1. The summed E-state index contributed by atoms with van der Waals surface area (Å²) in [6.45, 7) is 3.14. The predicted octanol–water partition coefficient (Wildman–Crippen LogP) is 4.84. The third kappa shape index (κ3) is 3.28. The molecule has 3 heterocycles. The van der Waals surface area contributed by atoms with Crippen molar-refractivity contribution in [3.63, 3.8) is 0 Å². The number of ether oxygens (including phenoxy) is 4. The van der Waals surface area contributed by atoms with Crippen molar-refractivity contribution in [3.05, 3.63) is 60.3 Å². The Morgan fingerprint density at radius 1 is 0.935 bits per heavy atom. The van der Waals surface area contributed by atoms with Crippen LogP contribution >= 0.6 is 0 Å². The lowest BCUT2D eigenvalue weighted by atomic mass is 10.1. The number of nitrogens with one attached hydrogen (secondary N) is 1. The van der Waals surface area contributed by atoms with Crippen LogP contribution in [0.5, 0.6) is 23.0 Å². The van der Waals surface area contributed by atoms with Crippen LogP contribution in [0.15, 0.2) is 54.7 Å². The number of hydrogen-bond acceptors (Lipinski definition) is 6. The van der Waals surface area contributed by atoms with Crippen LogP contribution in [-0.4, -0.2) is 36.8 Å². The van der Waals surface area contributed by atoms with Crippen LogP contribution in [0, 0.1) is 6.92 Å². The highest BCUT2D eigenvalue weighted by atomic mass is 16.6. The summed E-state index contributed by atoms with van der Waals surface area (Å²) in [7, 11) is 3.29. The van der Waals surface area contributed by atoms with Crippen molar-refractivity contribution in [3.8, 4) is 34.3 Å². The van der Waals surface area contributed by atoms with E-state index >= 15 is 0 Å². The number of imidazole rings is 1. The molecule has 4 aromatic rings. The molecule has 0 saturated carbocycles. The summed E-state index contributed by atoms with van der Waals surface area (Å²) in [6, 6.07) is 15.6. The number of benzene rings is 2. The fourth-order valence-corrected chi connectivity index (χ4v) is 3.84. The molecule has 0 fully saturated rings. The number of aryl methyl sites for hydroxylation is 1. The maximum Gasteiger partial charge on any atom is 0.163 e. The fraction of sp³-hybridized carbons (Fsp3) is 0.208. The van der Waals surface area contributed by atoms with E-state index in [0.29, 0.717) is 24.7 Å². The van der Waals surface area contributed by atoms with Gasteiger partial charge in [0.05, 0.1) is 19.8 Å². The SMILES string of the molecule is COc1cccc(OC)c1-c1nc2c(C)cccn2c1Nc1ccc2c(c1)OCCO2. The van der Waals surface area contributed by atoms with Crippen molar-refractivity contribution >= 4 is 17.2 Å². The monoisotopic (exact) mass is 417 g/mol. The van der Waals surface area contributed by atoms with Crippen molar-refractivity contribution in [1.29, 1.82) is 0 Å². The first-order valence-corrected chi connectivity index (χ1v) is 10.1. The van der Waals surface area contributed by atoms with Crippen LogP contribution in [0.3, 0.4) is 0 Å². The Hall–Kier alpha value is -3.87. The van der Waals surface area contributed by atoms with Gasteiger partial charge in [-0.15, -0.1) is 0 Å². The van der Waals surface area contributed by atoms with Crippen molar-refractivity contribution in [2.45, 2.75) is 6.92 Å². The average molecular weight is 417 g/mol. The van der Waals surface area contributed by atoms with E-state index in [1.165, 1.54) is 0 Å². The second kappa shape index (κ2) is 7.75. The molecular weight excluding hydrogens is 394 g/mol. The third-order valence-electron chi connectivity index (χ3n) is 5.31. The zero-order valence-electron chi connectivity index (χ0n) is 17.6. The summed E-state index contributed by atoms with van der Waals surface area (Å²) in [6.07, 6.45) is 1.99. The highest BCUT2D eigenvalue weighted by molar-refractivity contribution is 5.86. The van der Waals surface area contributed by atoms with Crippen molar-refractivity contribution in [1.82, 2.24) is 9.38 Å². The predicted molar refractivity (Wildman–Crippen MR) is 119 cm³/mol. The molecule has 31 heavy (non-hydrogen) atoms. The van der Waals surface area contributed by atoms with Gasteiger partial charge in [0.25, 0.3) is 0 Å². The van der Waals surface area contributed by atoms with Gasteiger partial charge in [-0.25, -0.2) is 4.98 Å². The number of fused-ring (bicyclic) bond motifs is 2. The van der Waals surface area contributed by atoms with Gasteiger partial charge in [-0.2, -0.15) is 0 Å². The number of pyridine rings is 1. The van der Waals surface area contributed by atoms with Crippen LogP contribution in [-0.2, 0) is 0 Å². The summed E-state index contributed by atoms with van der Waals surface area (Å²) < 4.78 is 24.7. The zero-order chi connectivity index (χ0) is 21.4. The molecule has 1 aliphatic heterocycles. The van der Waals surface area contributed by atoms with Gasteiger partial charge in [0.2, 0.25) is 0 Å². The smallest absolute Gasteiger partial charge is 0.163 e. The highest BCUT2D eigenvalue weighted by Gasteiger charge is 2.23. The molecule has 0 saturated heterocycles. The third-order valence-corrected chi connectivity index (χ3v) is 5.31. The molecule has 1 aliphatic rings. The molecule has 0 spiro atoms. The molecule has 158 valence electrons. The van der Waals surface area contributed by atoms with E-state index in [-0.39, 0.29) is 0 Å². The number of anilines is 2. The summed E-state index contributed by atoms with van der Waals surface area (Å²) in [5.41, 5.74) is 4.30. The Morgan fingerprint density at radius 3 is 2.42 bits per heavy atom. The maximum atomic E-state index is 5.75. The molecule has 0 radical (unpaired) electrons. The molecule has 0 atom stereocenters. The molecular formula is C24H23N3O4. The standard InChI is InChI=1S/C24H23N3O4/c1-15-6-5-11-27-23(15)26-22(21-18(28-2)7-4-8-19(21)29-3)24(27)25-16-9-10-17-20(14-16)31-13-12-30-17/h4-11,14,25H,12-13H2,1-3H3. The van der Waals surface area contributed by atoms with Crippen molar-refractivity contribution in [2.24, 2.45) is 0 Å². The van der Waals surface area contributed by atoms with Gasteiger partial charge < -0.3 is 24.3 Å². The highest BCUT2D eigenvalue weighted by Crippen LogP contribution is 2.43. The number of methoxy groups -OCH3 is 2. The van der Waals surface area contributed by atoms with E-state index in [1.807, 2.05) is 66.1 Å². The number of nitrogens with zero attached hydrogens (tertiary/aromatic N) is 2. The summed E-state index contributed by atoms with van der Waals surface area (Å²) in [5, 5.41) is 3.53. The molecule has 0 bridgehead atoms. The number of hydrogen-bond donors (Lipinski definition) is 1. The van der Waals surface area contributed by atoms with Crippen LogP contribution < -0.4 is 24.3 Å². The van der Waals surface area contributed by atoms with E-state index in [4.69, 9.17) is 23.9 Å². The van der Waals surface area contributed by atoms with Gasteiger partial charge in [0.1, 0.15) is 41.9 Å². The largest absolute Gasteiger partial charge is 0.496 e. The Labute approximate surface area is 180 Å². The molecule has 7 nitrogen and oxygen atoms in total. The van der Waals surface area contributed by atoms with E-state index < -0.39 is 0 Å². The lowest BCUT2D eigenvalue weighted by Crippen LogP contribution is -2.15. The molecule has 1 N–H and O–H groups in total. The molecule has 0 aliphatic carbocycles. The fourth-order valence-electron chi connectivity index (χ4n) is 3.84. The Balaban J connectivity index is 1.71. The van der Waals surface area contributed by atoms with Crippen LogP contribution in [0.25, 0.3) is 16.9 Å². The van der Waals surface area contributed by atoms with E-state index in [1.54, 1.807) is 14.2 Å². The van der Waals surface area contributed by atoms with E-state index in [9.17, 15) is 0 Å². The van der Waals surface area contributed by atoms with Crippen LogP contribution in [0.4, 0.5) is 11.5 Å². The molecule has 5 rings (SSSR count). The Morgan fingerprint density at radius 2 is 1.68 bits per heavy atom. The van der Waals surface area contributed by atoms with Gasteiger partial charge in [0.15, 0.2) is 11.5 Å². The van der Waals surface area contributed by atoms with Crippen molar-refractivity contribution in [2.75, 3.05) is 32.8 Å². The topological polar surface area (TPSA) is 66.3 Å². The zero-order valence-corrected chi connectivity index (χ0v) is 17.6. The average Bonchev–Trinajstić information content (AvgIpc) is 3.17. The van der Waals surface area contributed by atoms with Gasteiger partial charge in [-0.3, -0.25) is 4.40 Å². The summed E-state index contributed by atoms with van der Waals surface area (Å²) >= 11 is 0. The summed E-state index contributed by atoms with van der Waals surface area (Å²) in [4.78, 5) is 4.97. The number of rotatable bonds is 5. The first kappa shape index (κ1) is 19.1. The van der Waals surface area contributed by atoms with Crippen LogP contribution in [0.1, 0.15) is 5.56 Å². The maximum absolute atomic E-state index is 5.75. The minimum atomic E-state index is 0.537. The minimum absolute atomic E-state index is 0.537. The lowest BCUT2D eigenvalue weighted by molar-refractivity contribution is 0.171. The quantitative estimate of drug-likeness (QED) is 0.501. The van der Waals surface area contributed by atoms with Crippen LogP contribution in [0.2, 0.25) is 0 Å². The van der Waals surface area contributed by atoms with Gasteiger partial charge >= 0.3 is 0 Å². The second-order valence-corrected chi connectivity index (χ2v) is 7.21. The number of aromatic nitrogens is 2. The molecule has 2 aromatic carbocycles. The molecule has 2 aromatic heterocycles. The first-order chi connectivity index (χ1) is 15.2. The van der Waals surface area contributed by atoms with Crippen molar-refractivity contribution < 1.29 is 18.9 Å². The van der Waals surface area contributed by atoms with E-state index in [0.717, 1.165) is 45.5 Å². The van der Waals surface area contributed by atoms with Gasteiger partial charge in [0, 0.05) is 18.0 Å². The van der Waals surface area contributed by atoms with E-state index in [2.05, 4.69) is 5.32 Å². The molecule has 0 unspecified atom stereocenters. The Bertz CT molecular complexity index is 1240. The normalized spacial score (nSPS) is 12.6.